The van der Waals surface area contributed by atoms with Gasteiger partial charge in [-0.2, -0.15) is 0 Å². The van der Waals surface area contributed by atoms with Crippen molar-refractivity contribution in [2.75, 3.05) is 12.3 Å². The van der Waals surface area contributed by atoms with Gasteiger partial charge in [0.15, 0.2) is 0 Å². The molecule has 9 heteroatoms. The molecule has 25 heavy (non-hydrogen) atoms. The standard InChI is InChI=1S/C16H18ClN3O4S/c17-15-7-6-14(10-16(15)20(21)22)11-18-8-9-25(23,24)19-12-13-4-2-1-3-5-13/h1-7,10,18-19H,8-9,11-12H2. The van der Waals surface area contributed by atoms with Crippen LogP contribution in [0.5, 0.6) is 0 Å². The first kappa shape index (κ1) is 19.3. The number of hydrogen-bond donors (Lipinski definition) is 2. The summed E-state index contributed by atoms with van der Waals surface area (Å²) >= 11 is 5.75. The normalized spacial score (nSPS) is 11.4. The summed E-state index contributed by atoms with van der Waals surface area (Å²) in [6.07, 6.45) is 0. The lowest BCUT2D eigenvalue weighted by Gasteiger charge is -2.08. The van der Waals surface area contributed by atoms with Gasteiger partial charge in [-0.05, 0) is 17.2 Å². The second-order valence-electron chi connectivity index (χ2n) is 5.35. The van der Waals surface area contributed by atoms with E-state index < -0.39 is 14.9 Å². The van der Waals surface area contributed by atoms with Gasteiger partial charge in [-0.3, -0.25) is 10.1 Å². The smallest absolute Gasteiger partial charge is 0.288 e. The van der Waals surface area contributed by atoms with Gasteiger partial charge in [0.2, 0.25) is 10.0 Å². The van der Waals surface area contributed by atoms with Gasteiger partial charge in [0, 0.05) is 25.7 Å². The fourth-order valence-electron chi connectivity index (χ4n) is 2.11. The van der Waals surface area contributed by atoms with E-state index in [1.165, 1.54) is 12.1 Å². The highest BCUT2D eigenvalue weighted by Crippen LogP contribution is 2.24. The number of hydrogen-bond acceptors (Lipinski definition) is 5. The summed E-state index contributed by atoms with van der Waals surface area (Å²) in [5.74, 6) is -0.0878. The molecule has 0 saturated heterocycles. The van der Waals surface area contributed by atoms with Crippen LogP contribution in [0.4, 0.5) is 5.69 Å². The van der Waals surface area contributed by atoms with Crippen molar-refractivity contribution in [1.82, 2.24) is 10.0 Å². The molecule has 0 unspecified atom stereocenters. The molecule has 0 heterocycles. The van der Waals surface area contributed by atoms with E-state index in [2.05, 4.69) is 10.0 Å². The van der Waals surface area contributed by atoms with Gasteiger partial charge in [0.25, 0.3) is 5.69 Å². The number of nitro benzene ring substituents is 1. The first-order chi connectivity index (χ1) is 11.9. The number of benzene rings is 2. The van der Waals surface area contributed by atoms with Crippen molar-refractivity contribution < 1.29 is 13.3 Å². The summed E-state index contributed by atoms with van der Waals surface area (Å²) in [6.45, 7) is 0.777. The molecule has 2 N–H and O–H groups in total. The van der Waals surface area contributed by atoms with Crippen molar-refractivity contribution in [3.8, 4) is 0 Å². The SMILES string of the molecule is O=[N+]([O-])c1cc(CNCCS(=O)(=O)NCc2ccccc2)ccc1Cl. The van der Waals surface area contributed by atoms with Gasteiger partial charge in [-0.25, -0.2) is 13.1 Å². The zero-order valence-corrected chi connectivity index (χ0v) is 14.9. The lowest BCUT2D eigenvalue weighted by atomic mass is 10.2. The maximum atomic E-state index is 11.9. The molecule has 0 bridgehead atoms. The fraction of sp³-hybridized carbons (Fsp3) is 0.250. The minimum absolute atomic E-state index is 0.0708. The Bertz CT molecular complexity index is 829. The van der Waals surface area contributed by atoms with Gasteiger partial charge in [-0.1, -0.05) is 48.0 Å². The Morgan fingerprint density at radius 2 is 1.76 bits per heavy atom. The molecule has 2 rings (SSSR count). The van der Waals surface area contributed by atoms with Crippen molar-refractivity contribution in [1.29, 1.82) is 0 Å². The van der Waals surface area contributed by atoms with Crippen molar-refractivity contribution in [3.05, 3.63) is 74.8 Å². The lowest BCUT2D eigenvalue weighted by molar-refractivity contribution is -0.384. The van der Waals surface area contributed by atoms with Gasteiger partial charge >= 0.3 is 0 Å². The average molecular weight is 384 g/mol. The van der Waals surface area contributed by atoms with E-state index in [1.54, 1.807) is 6.07 Å². The average Bonchev–Trinajstić information content (AvgIpc) is 2.59. The van der Waals surface area contributed by atoms with E-state index in [9.17, 15) is 18.5 Å². The molecule has 0 fully saturated rings. The van der Waals surface area contributed by atoms with Crippen LogP contribution in [0.15, 0.2) is 48.5 Å². The molecule has 0 amide bonds. The first-order valence-electron chi connectivity index (χ1n) is 7.52. The third kappa shape index (κ3) is 6.43. The topological polar surface area (TPSA) is 101 Å². The summed E-state index contributed by atoms with van der Waals surface area (Å²) in [5, 5.41) is 13.9. The summed E-state index contributed by atoms with van der Waals surface area (Å²) in [5.41, 5.74) is 1.37. The number of nitrogens with zero attached hydrogens (tertiary/aromatic N) is 1. The van der Waals surface area contributed by atoms with E-state index in [0.29, 0.717) is 12.1 Å². The zero-order chi connectivity index (χ0) is 18.3. The van der Waals surface area contributed by atoms with Crippen molar-refractivity contribution in [2.24, 2.45) is 0 Å². The molecule has 0 spiro atoms. The molecule has 0 radical (unpaired) electrons. The molecule has 0 aliphatic rings. The molecule has 2 aromatic carbocycles. The number of rotatable bonds is 9. The van der Waals surface area contributed by atoms with Crippen molar-refractivity contribution in [2.45, 2.75) is 13.1 Å². The van der Waals surface area contributed by atoms with Crippen molar-refractivity contribution >= 4 is 27.3 Å². The molecule has 0 atom stereocenters. The lowest BCUT2D eigenvalue weighted by Crippen LogP contribution is -2.31. The van der Waals surface area contributed by atoms with E-state index >= 15 is 0 Å². The third-order valence-corrected chi connectivity index (χ3v) is 5.07. The van der Waals surface area contributed by atoms with E-state index in [1.807, 2.05) is 30.3 Å². The van der Waals surface area contributed by atoms with Crippen LogP contribution in [0, 0.1) is 10.1 Å². The maximum Gasteiger partial charge on any atom is 0.288 e. The highest BCUT2D eigenvalue weighted by molar-refractivity contribution is 7.89. The molecule has 0 aliphatic heterocycles. The number of halogens is 1. The largest absolute Gasteiger partial charge is 0.312 e. The summed E-state index contributed by atoms with van der Waals surface area (Å²) in [6, 6.07) is 13.7. The molecular weight excluding hydrogens is 366 g/mol. The van der Waals surface area contributed by atoms with Gasteiger partial charge < -0.3 is 5.32 Å². The Morgan fingerprint density at radius 3 is 2.44 bits per heavy atom. The summed E-state index contributed by atoms with van der Waals surface area (Å²) in [4.78, 5) is 10.3. The molecule has 7 nitrogen and oxygen atoms in total. The molecule has 0 aliphatic carbocycles. The monoisotopic (exact) mass is 383 g/mol. The van der Waals surface area contributed by atoms with Gasteiger partial charge in [-0.15, -0.1) is 0 Å². The highest BCUT2D eigenvalue weighted by atomic mass is 35.5. The maximum absolute atomic E-state index is 11.9. The fourth-order valence-corrected chi connectivity index (χ4v) is 3.24. The Kier molecular flexibility index (Phi) is 6.89. The Morgan fingerprint density at radius 1 is 1.04 bits per heavy atom. The van der Waals surface area contributed by atoms with Gasteiger partial charge in [0.1, 0.15) is 5.02 Å². The first-order valence-corrected chi connectivity index (χ1v) is 9.55. The zero-order valence-electron chi connectivity index (χ0n) is 13.3. The van der Waals surface area contributed by atoms with Crippen LogP contribution in [0.25, 0.3) is 0 Å². The van der Waals surface area contributed by atoms with Crippen LogP contribution < -0.4 is 10.0 Å². The van der Waals surface area contributed by atoms with Crippen LogP contribution in [0.2, 0.25) is 5.02 Å². The highest BCUT2D eigenvalue weighted by Gasteiger charge is 2.13. The van der Waals surface area contributed by atoms with E-state index in [4.69, 9.17) is 11.6 Å². The minimum Gasteiger partial charge on any atom is -0.312 e. The van der Waals surface area contributed by atoms with E-state index in [0.717, 1.165) is 5.56 Å². The Hall–Kier alpha value is -2.00. The van der Waals surface area contributed by atoms with Crippen LogP contribution in [0.1, 0.15) is 11.1 Å². The van der Waals surface area contributed by atoms with Crippen LogP contribution in [-0.2, 0) is 23.1 Å². The van der Waals surface area contributed by atoms with Crippen LogP contribution in [-0.4, -0.2) is 25.6 Å². The Balaban J connectivity index is 1.78. The molecule has 134 valence electrons. The Labute approximate surface area is 151 Å². The molecular formula is C16H18ClN3O4S. The number of nitrogens with one attached hydrogen (secondary N) is 2. The molecule has 0 saturated carbocycles. The molecule has 2 aromatic rings. The minimum atomic E-state index is -3.40. The predicted molar refractivity (Wildman–Crippen MR) is 96.9 cm³/mol. The third-order valence-electron chi connectivity index (χ3n) is 3.42. The summed E-state index contributed by atoms with van der Waals surface area (Å²) < 4.78 is 26.4. The van der Waals surface area contributed by atoms with E-state index in [-0.39, 0.29) is 29.6 Å². The number of sulfonamides is 1. The van der Waals surface area contributed by atoms with Crippen LogP contribution in [0.3, 0.4) is 0 Å². The quantitative estimate of drug-likeness (QED) is 0.393. The second kappa shape index (κ2) is 8.91. The molecule has 0 aromatic heterocycles. The van der Waals surface area contributed by atoms with Gasteiger partial charge in [0.05, 0.1) is 10.7 Å². The summed E-state index contributed by atoms with van der Waals surface area (Å²) in [7, 11) is -3.40. The number of nitro groups is 1. The predicted octanol–water partition coefficient (Wildman–Crippen LogP) is 2.46. The second-order valence-corrected chi connectivity index (χ2v) is 7.68. The van der Waals surface area contributed by atoms with Crippen molar-refractivity contribution in [3.63, 3.8) is 0 Å². The van der Waals surface area contributed by atoms with Crippen LogP contribution >= 0.6 is 11.6 Å².